The average Bonchev–Trinajstić information content (AvgIpc) is 3.44. The summed E-state index contributed by atoms with van der Waals surface area (Å²) in [7, 11) is 5.31. The molecular weight excluding hydrogens is 634 g/mol. The van der Waals surface area contributed by atoms with Crippen LogP contribution in [0.3, 0.4) is 0 Å². The zero-order valence-electron chi connectivity index (χ0n) is 24.6. The number of halogens is 1. The van der Waals surface area contributed by atoms with Gasteiger partial charge < -0.3 is 29.6 Å². The van der Waals surface area contributed by atoms with E-state index in [2.05, 4.69) is 63.3 Å². The molecule has 14 heteroatoms. The normalized spacial score (nSPS) is 14.4. The highest BCUT2D eigenvalue weighted by Gasteiger charge is 2.23. The Bertz CT molecular complexity index is 1530. The van der Waals surface area contributed by atoms with E-state index in [0.29, 0.717) is 27.7 Å². The SMILES string of the molecule is COCCN1CCN(c2cc(OC)c(Nc3ncc(Br)c(Nc4ccccc4N[S+](C)[O-])n3)cc2-c2cnn(C)c2)CC1. The van der Waals surface area contributed by atoms with Crippen molar-refractivity contribution in [2.45, 2.75) is 0 Å². The molecule has 228 valence electrons. The topological polar surface area (TPSA) is 128 Å². The summed E-state index contributed by atoms with van der Waals surface area (Å²) in [6.07, 6.45) is 7.15. The fourth-order valence-corrected chi connectivity index (χ4v) is 5.70. The summed E-state index contributed by atoms with van der Waals surface area (Å²) >= 11 is 2.32. The Balaban J connectivity index is 1.44. The van der Waals surface area contributed by atoms with E-state index in [9.17, 15) is 4.55 Å². The second-order valence-corrected chi connectivity index (χ2v) is 12.0. The first kappa shape index (κ1) is 30.9. The zero-order valence-corrected chi connectivity index (χ0v) is 27.0. The number of anilines is 6. The summed E-state index contributed by atoms with van der Waals surface area (Å²) in [5.74, 6) is 1.60. The molecule has 0 spiro atoms. The Morgan fingerprint density at radius 2 is 1.79 bits per heavy atom. The van der Waals surface area contributed by atoms with Crippen molar-refractivity contribution >= 4 is 61.8 Å². The van der Waals surface area contributed by atoms with Crippen LogP contribution in [0, 0.1) is 0 Å². The van der Waals surface area contributed by atoms with E-state index < -0.39 is 11.4 Å². The largest absolute Gasteiger partial charge is 0.593 e. The lowest BCUT2D eigenvalue weighted by atomic mass is 10.0. The number of benzene rings is 2. The van der Waals surface area contributed by atoms with Crippen molar-refractivity contribution in [3.05, 3.63) is 59.5 Å². The van der Waals surface area contributed by atoms with Gasteiger partial charge in [0.1, 0.15) is 23.5 Å². The molecule has 2 aromatic carbocycles. The Morgan fingerprint density at radius 1 is 1.02 bits per heavy atom. The lowest BCUT2D eigenvalue weighted by Gasteiger charge is -2.37. The van der Waals surface area contributed by atoms with Gasteiger partial charge in [-0.25, -0.2) is 9.71 Å². The van der Waals surface area contributed by atoms with Crippen LogP contribution >= 0.6 is 15.9 Å². The molecule has 1 fully saturated rings. The maximum absolute atomic E-state index is 11.8. The van der Waals surface area contributed by atoms with Crippen LogP contribution in [0.1, 0.15) is 0 Å². The van der Waals surface area contributed by atoms with Crippen LogP contribution < -0.4 is 25.0 Å². The van der Waals surface area contributed by atoms with Gasteiger partial charge in [-0.05, 0) is 34.1 Å². The predicted molar refractivity (Wildman–Crippen MR) is 176 cm³/mol. The quantitative estimate of drug-likeness (QED) is 0.183. The highest BCUT2D eigenvalue weighted by molar-refractivity contribution is 9.10. The Kier molecular flexibility index (Phi) is 10.3. The number of ether oxygens (including phenoxy) is 2. The van der Waals surface area contributed by atoms with Crippen molar-refractivity contribution in [3.63, 3.8) is 0 Å². The zero-order chi connectivity index (χ0) is 30.3. The first-order chi connectivity index (χ1) is 20.8. The molecule has 1 unspecified atom stereocenters. The number of nitrogens with one attached hydrogen (secondary N) is 3. The van der Waals surface area contributed by atoms with Crippen LogP contribution in [0.15, 0.2) is 59.5 Å². The summed E-state index contributed by atoms with van der Waals surface area (Å²) in [6.45, 7) is 5.34. The Labute approximate surface area is 263 Å². The van der Waals surface area contributed by atoms with Crippen molar-refractivity contribution in [1.82, 2.24) is 24.6 Å². The standard InChI is InChI=1S/C29H36BrN9O3S/c1-37-19-20(17-32-37)21-15-25(27(42-3)16-26(21)39-11-9-38(10-12-39)13-14-41-2)34-29-31-18-22(30)28(35-29)33-23-7-5-6-8-24(23)36-43(4)40/h5-8,15-19,36H,9-14H2,1-4H3,(H2,31,33,34,35). The van der Waals surface area contributed by atoms with Gasteiger partial charge in [0.2, 0.25) is 5.95 Å². The minimum Gasteiger partial charge on any atom is -0.593 e. The number of methoxy groups -OCH3 is 2. The molecule has 3 N–H and O–H groups in total. The average molecular weight is 671 g/mol. The molecule has 0 bridgehead atoms. The van der Waals surface area contributed by atoms with E-state index in [1.54, 1.807) is 31.4 Å². The Morgan fingerprint density at radius 3 is 2.47 bits per heavy atom. The first-order valence-corrected chi connectivity index (χ1v) is 16.1. The minimum atomic E-state index is -1.23. The summed E-state index contributed by atoms with van der Waals surface area (Å²) in [6, 6.07) is 11.6. The van der Waals surface area contributed by atoms with E-state index in [-0.39, 0.29) is 0 Å². The van der Waals surface area contributed by atoms with Gasteiger partial charge in [-0.3, -0.25) is 9.58 Å². The van der Waals surface area contributed by atoms with E-state index in [1.165, 1.54) is 0 Å². The molecule has 1 aliphatic rings. The van der Waals surface area contributed by atoms with Crippen LogP contribution in [0.25, 0.3) is 11.1 Å². The van der Waals surface area contributed by atoms with Crippen molar-refractivity contribution in [1.29, 1.82) is 0 Å². The third-order valence-corrected chi connectivity index (χ3v) is 8.17. The number of hydrogen-bond donors (Lipinski definition) is 3. The lowest BCUT2D eigenvalue weighted by molar-refractivity contribution is 0.144. The van der Waals surface area contributed by atoms with Gasteiger partial charge in [0.25, 0.3) is 0 Å². The van der Waals surface area contributed by atoms with Gasteiger partial charge in [-0.15, -0.1) is 0 Å². The highest BCUT2D eigenvalue weighted by atomic mass is 79.9. The Hall–Kier alpha value is -3.56. The molecule has 1 saturated heterocycles. The molecule has 0 amide bonds. The number of para-hydroxylation sites is 2. The van der Waals surface area contributed by atoms with Crippen LogP contribution in [0.5, 0.6) is 5.75 Å². The number of aromatic nitrogens is 4. The number of rotatable bonds is 12. The van der Waals surface area contributed by atoms with E-state index in [4.69, 9.17) is 14.5 Å². The molecule has 1 atom stereocenters. The highest BCUT2D eigenvalue weighted by Crippen LogP contribution is 2.41. The number of nitrogens with zero attached hydrogens (tertiary/aromatic N) is 6. The number of aryl methyl sites for hydroxylation is 1. The van der Waals surface area contributed by atoms with E-state index >= 15 is 0 Å². The summed E-state index contributed by atoms with van der Waals surface area (Å²) in [5, 5.41) is 11.1. The summed E-state index contributed by atoms with van der Waals surface area (Å²) in [4.78, 5) is 14.0. The molecule has 0 aliphatic carbocycles. The molecule has 4 aromatic rings. The fraction of sp³-hybridized carbons (Fsp3) is 0.345. The third-order valence-electron chi connectivity index (χ3n) is 7.08. The van der Waals surface area contributed by atoms with Crippen molar-refractivity contribution < 1.29 is 14.0 Å². The van der Waals surface area contributed by atoms with Crippen LogP contribution in [-0.4, -0.2) is 89.0 Å². The van der Waals surface area contributed by atoms with Crippen LogP contribution in [0.2, 0.25) is 0 Å². The molecule has 0 saturated carbocycles. The third kappa shape index (κ3) is 7.70. The van der Waals surface area contributed by atoms with Gasteiger partial charge in [0.05, 0.1) is 47.1 Å². The molecule has 3 heterocycles. The molecule has 12 nitrogen and oxygen atoms in total. The maximum atomic E-state index is 11.8. The lowest BCUT2D eigenvalue weighted by Crippen LogP contribution is -2.47. The monoisotopic (exact) mass is 669 g/mol. The molecular formula is C29H36BrN9O3S. The number of hydrogen-bond acceptors (Lipinski definition) is 11. The van der Waals surface area contributed by atoms with Gasteiger partial charge >= 0.3 is 0 Å². The van der Waals surface area contributed by atoms with Crippen molar-refractivity contribution in [3.8, 4) is 16.9 Å². The van der Waals surface area contributed by atoms with Crippen LogP contribution in [-0.2, 0) is 23.1 Å². The van der Waals surface area contributed by atoms with Gasteiger partial charge in [0.15, 0.2) is 0 Å². The van der Waals surface area contributed by atoms with Gasteiger partial charge in [-0.2, -0.15) is 10.1 Å². The van der Waals surface area contributed by atoms with Gasteiger partial charge in [-0.1, -0.05) is 12.1 Å². The second kappa shape index (κ2) is 14.3. The maximum Gasteiger partial charge on any atom is 0.229 e. The van der Waals surface area contributed by atoms with Gasteiger partial charge in [0, 0.05) is 82.2 Å². The molecule has 2 aromatic heterocycles. The predicted octanol–water partition coefficient (Wildman–Crippen LogP) is 4.61. The van der Waals surface area contributed by atoms with E-state index in [1.807, 2.05) is 43.7 Å². The molecule has 1 aliphatic heterocycles. The summed E-state index contributed by atoms with van der Waals surface area (Å²) in [5.41, 5.74) is 5.26. The second-order valence-electron chi connectivity index (χ2n) is 10.0. The van der Waals surface area contributed by atoms with Crippen molar-refractivity contribution in [2.24, 2.45) is 7.05 Å². The minimum absolute atomic E-state index is 0.380. The van der Waals surface area contributed by atoms with Crippen LogP contribution in [0.4, 0.5) is 34.5 Å². The smallest absolute Gasteiger partial charge is 0.229 e. The number of piperazine rings is 1. The first-order valence-electron chi connectivity index (χ1n) is 13.8. The molecule has 0 radical (unpaired) electrons. The summed E-state index contributed by atoms with van der Waals surface area (Å²) < 4.78 is 28.4. The molecule has 43 heavy (non-hydrogen) atoms. The fourth-order valence-electron chi connectivity index (χ4n) is 4.92. The molecule has 5 rings (SSSR count). The van der Waals surface area contributed by atoms with Crippen molar-refractivity contribution in [2.75, 3.05) is 80.1 Å². The van der Waals surface area contributed by atoms with E-state index in [0.717, 1.165) is 67.5 Å².